The van der Waals surface area contributed by atoms with Crippen molar-refractivity contribution in [2.24, 2.45) is 0 Å². The number of hydrogen-bond donors (Lipinski definition) is 1. The monoisotopic (exact) mass is 392 g/mol. The molecule has 0 fully saturated rings. The zero-order chi connectivity index (χ0) is 19.4. The van der Waals surface area contributed by atoms with Crippen LogP contribution in [-0.4, -0.2) is 30.8 Å². The Morgan fingerprint density at radius 2 is 2.00 bits per heavy atom. The molecule has 3 rings (SSSR count). The van der Waals surface area contributed by atoms with Crippen molar-refractivity contribution in [1.82, 2.24) is 9.97 Å². The summed E-state index contributed by atoms with van der Waals surface area (Å²) in [6.45, 7) is 2.57. The first-order chi connectivity index (χ1) is 13.1. The highest BCUT2D eigenvalue weighted by molar-refractivity contribution is 6.31. The van der Waals surface area contributed by atoms with Crippen molar-refractivity contribution in [2.45, 2.75) is 25.9 Å². The Morgan fingerprint density at radius 3 is 2.70 bits per heavy atom. The van der Waals surface area contributed by atoms with Crippen molar-refractivity contribution < 1.29 is 18.6 Å². The molecule has 0 aliphatic rings. The van der Waals surface area contributed by atoms with Gasteiger partial charge in [-0.25, -0.2) is 9.37 Å². The number of aromatic amines is 1. The van der Waals surface area contributed by atoms with Crippen LogP contribution in [0.1, 0.15) is 37.0 Å². The number of unbranched alkanes of at least 4 members (excludes halogenated alkanes) is 1. The summed E-state index contributed by atoms with van der Waals surface area (Å²) >= 11 is 6.07. The molecule has 0 radical (unpaired) electrons. The molecule has 144 valence electrons. The second-order valence-corrected chi connectivity index (χ2v) is 6.57. The standard InChI is InChI=1S/C20H22ClFN2O3/c1-4-5-6-27-18-9-16(22)14(8-17(18)25-2)19(26-3)15-11-24-20-13(15)7-12(21)10-23-20/h7-11,19H,4-6H2,1-3H3,(H,23,24). The predicted octanol–water partition coefficient (Wildman–Crippen LogP) is 5.28. The lowest BCUT2D eigenvalue weighted by Gasteiger charge is -2.19. The maximum atomic E-state index is 14.9. The number of aromatic nitrogens is 2. The minimum Gasteiger partial charge on any atom is -0.493 e. The Morgan fingerprint density at radius 1 is 1.19 bits per heavy atom. The average Bonchev–Trinajstić information content (AvgIpc) is 3.07. The fraction of sp³-hybridized carbons (Fsp3) is 0.350. The Balaban J connectivity index is 2.02. The molecule has 1 unspecified atom stereocenters. The molecular formula is C20H22ClFN2O3. The van der Waals surface area contributed by atoms with E-state index >= 15 is 0 Å². The number of halogens is 2. The van der Waals surface area contributed by atoms with Gasteiger partial charge in [0.15, 0.2) is 11.5 Å². The van der Waals surface area contributed by atoms with E-state index in [9.17, 15) is 4.39 Å². The number of benzene rings is 1. The molecular weight excluding hydrogens is 371 g/mol. The van der Waals surface area contributed by atoms with E-state index in [1.165, 1.54) is 20.3 Å². The SMILES string of the molecule is CCCCOc1cc(F)c(C(OC)c2c[nH]c3ncc(Cl)cc23)cc1OC. The minimum atomic E-state index is -0.655. The molecule has 5 nitrogen and oxygen atoms in total. The summed E-state index contributed by atoms with van der Waals surface area (Å²) in [5.41, 5.74) is 1.74. The molecule has 1 N–H and O–H groups in total. The molecule has 0 aliphatic heterocycles. The van der Waals surface area contributed by atoms with Crippen LogP contribution in [0.15, 0.2) is 30.6 Å². The third-order valence-electron chi connectivity index (χ3n) is 4.37. The van der Waals surface area contributed by atoms with Crippen molar-refractivity contribution in [1.29, 1.82) is 0 Å². The molecule has 0 amide bonds. The molecule has 0 spiro atoms. The van der Waals surface area contributed by atoms with Gasteiger partial charge in [0.1, 0.15) is 17.6 Å². The highest BCUT2D eigenvalue weighted by atomic mass is 35.5. The zero-order valence-electron chi connectivity index (χ0n) is 15.5. The zero-order valence-corrected chi connectivity index (χ0v) is 16.3. The van der Waals surface area contributed by atoms with Gasteiger partial charge in [0.25, 0.3) is 0 Å². The summed E-state index contributed by atoms with van der Waals surface area (Å²) in [5, 5.41) is 1.27. The number of hydrogen-bond acceptors (Lipinski definition) is 4. The van der Waals surface area contributed by atoms with Crippen LogP contribution in [0.3, 0.4) is 0 Å². The van der Waals surface area contributed by atoms with Crippen LogP contribution in [0.5, 0.6) is 11.5 Å². The topological polar surface area (TPSA) is 56.4 Å². The minimum absolute atomic E-state index is 0.345. The largest absolute Gasteiger partial charge is 0.493 e. The van der Waals surface area contributed by atoms with Gasteiger partial charge >= 0.3 is 0 Å². The van der Waals surface area contributed by atoms with Gasteiger partial charge in [0, 0.05) is 42.1 Å². The Bertz CT molecular complexity index is 929. The molecule has 0 bridgehead atoms. The maximum absolute atomic E-state index is 14.9. The highest BCUT2D eigenvalue weighted by Gasteiger charge is 2.24. The summed E-state index contributed by atoms with van der Waals surface area (Å²) in [7, 11) is 3.06. The third kappa shape index (κ3) is 4.01. The lowest BCUT2D eigenvalue weighted by atomic mass is 10.00. The number of nitrogens with one attached hydrogen (secondary N) is 1. The van der Waals surface area contributed by atoms with Crippen molar-refractivity contribution in [2.75, 3.05) is 20.8 Å². The van der Waals surface area contributed by atoms with Gasteiger partial charge in [0.05, 0.1) is 18.7 Å². The Hall–Kier alpha value is -2.31. The van der Waals surface area contributed by atoms with Gasteiger partial charge in [-0.1, -0.05) is 24.9 Å². The summed E-state index contributed by atoms with van der Waals surface area (Å²) in [5.74, 6) is 0.407. The average molecular weight is 393 g/mol. The van der Waals surface area contributed by atoms with Gasteiger partial charge < -0.3 is 19.2 Å². The lowest BCUT2D eigenvalue weighted by Crippen LogP contribution is -2.08. The molecule has 1 atom stereocenters. The fourth-order valence-corrected chi connectivity index (χ4v) is 3.15. The van der Waals surface area contributed by atoms with Crippen LogP contribution in [0.2, 0.25) is 5.02 Å². The quantitative estimate of drug-likeness (QED) is 0.530. The van der Waals surface area contributed by atoms with E-state index in [0.717, 1.165) is 23.8 Å². The van der Waals surface area contributed by atoms with Gasteiger partial charge in [0.2, 0.25) is 0 Å². The van der Waals surface area contributed by atoms with E-state index < -0.39 is 11.9 Å². The third-order valence-corrected chi connectivity index (χ3v) is 4.58. The van der Waals surface area contributed by atoms with E-state index in [0.29, 0.717) is 34.3 Å². The van der Waals surface area contributed by atoms with Crippen molar-refractivity contribution in [3.63, 3.8) is 0 Å². The van der Waals surface area contributed by atoms with Crippen LogP contribution in [-0.2, 0) is 4.74 Å². The first kappa shape index (κ1) is 19.5. The smallest absolute Gasteiger partial charge is 0.164 e. The van der Waals surface area contributed by atoms with Crippen LogP contribution in [0, 0.1) is 5.82 Å². The summed E-state index contributed by atoms with van der Waals surface area (Å²) in [6.07, 6.45) is 4.53. The molecule has 0 saturated carbocycles. The molecule has 0 aliphatic carbocycles. The van der Waals surface area contributed by atoms with Crippen molar-refractivity contribution in [3.8, 4) is 11.5 Å². The second kappa shape index (κ2) is 8.59. The van der Waals surface area contributed by atoms with E-state index in [4.69, 9.17) is 25.8 Å². The van der Waals surface area contributed by atoms with Crippen molar-refractivity contribution in [3.05, 3.63) is 52.6 Å². The number of rotatable bonds is 8. The Kier molecular flexibility index (Phi) is 6.19. The van der Waals surface area contributed by atoms with E-state index in [2.05, 4.69) is 16.9 Å². The number of pyridine rings is 1. The van der Waals surface area contributed by atoms with E-state index in [-0.39, 0.29) is 0 Å². The molecule has 0 saturated heterocycles. The van der Waals surface area contributed by atoms with Gasteiger partial charge in [-0.2, -0.15) is 0 Å². The summed E-state index contributed by atoms with van der Waals surface area (Å²) in [6, 6.07) is 4.73. The Labute approximate surface area is 162 Å². The predicted molar refractivity (Wildman–Crippen MR) is 103 cm³/mol. The van der Waals surface area contributed by atoms with E-state index in [1.807, 2.05) is 0 Å². The van der Waals surface area contributed by atoms with Crippen LogP contribution in [0.4, 0.5) is 4.39 Å². The molecule has 1 aromatic carbocycles. The second-order valence-electron chi connectivity index (χ2n) is 6.14. The van der Waals surface area contributed by atoms with Gasteiger partial charge in [-0.05, 0) is 18.6 Å². The molecule has 2 aromatic heterocycles. The number of fused-ring (bicyclic) bond motifs is 1. The highest BCUT2D eigenvalue weighted by Crippen LogP contribution is 2.38. The van der Waals surface area contributed by atoms with E-state index in [1.54, 1.807) is 24.5 Å². The summed E-state index contributed by atoms with van der Waals surface area (Å²) < 4.78 is 31.6. The first-order valence-electron chi connectivity index (χ1n) is 8.74. The number of methoxy groups -OCH3 is 2. The summed E-state index contributed by atoms with van der Waals surface area (Å²) in [4.78, 5) is 7.31. The molecule has 27 heavy (non-hydrogen) atoms. The van der Waals surface area contributed by atoms with Crippen LogP contribution < -0.4 is 9.47 Å². The number of ether oxygens (including phenoxy) is 3. The molecule has 7 heteroatoms. The van der Waals surface area contributed by atoms with Gasteiger partial charge in [-0.3, -0.25) is 0 Å². The fourth-order valence-electron chi connectivity index (χ4n) is 2.99. The normalized spacial score (nSPS) is 12.3. The van der Waals surface area contributed by atoms with Crippen molar-refractivity contribution >= 4 is 22.6 Å². The van der Waals surface area contributed by atoms with Crippen LogP contribution in [0.25, 0.3) is 11.0 Å². The number of nitrogens with zero attached hydrogens (tertiary/aromatic N) is 1. The first-order valence-corrected chi connectivity index (χ1v) is 9.12. The molecule has 2 heterocycles. The lowest BCUT2D eigenvalue weighted by molar-refractivity contribution is 0.133. The maximum Gasteiger partial charge on any atom is 0.164 e. The number of H-pyrrole nitrogens is 1. The molecule has 3 aromatic rings. The van der Waals surface area contributed by atoms with Crippen LogP contribution >= 0.6 is 11.6 Å². The van der Waals surface area contributed by atoms with Gasteiger partial charge in [-0.15, -0.1) is 0 Å².